The van der Waals surface area contributed by atoms with Crippen LogP contribution in [-0.4, -0.2) is 25.8 Å². The molecule has 0 aromatic heterocycles. The van der Waals surface area contributed by atoms with Gasteiger partial charge in [0, 0.05) is 15.0 Å². The van der Waals surface area contributed by atoms with E-state index in [4.69, 9.17) is 4.74 Å². The van der Waals surface area contributed by atoms with Crippen LogP contribution in [0.15, 0.2) is 0 Å². The third kappa shape index (κ3) is 7.06. The predicted molar refractivity (Wildman–Crippen MR) is 59.7 cm³/mol. The summed E-state index contributed by atoms with van der Waals surface area (Å²) in [5.74, 6) is 0. The SMILES string of the molecule is CCCC[PH+](CCCC)COC. The van der Waals surface area contributed by atoms with E-state index in [-0.39, 0.29) is 7.92 Å². The summed E-state index contributed by atoms with van der Waals surface area (Å²) < 4.78 is 5.24. The molecule has 0 N–H and O–H groups in total. The van der Waals surface area contributed by atoms with Gasteiger partial charge in [-0.2, -0.15) is 0 Å². The molecule has 1 nitrogen and oxygen atoms in total. The first-order valence-corrected chi connectivity index (χ1v) is 7.29. The van der Waals surface area contributed by atoms with E-state index in [1.54, 1.807) is 0 Å². The molecule has 0 saturated heterocycles. The van der Waals surface area contributed by atoms with Crippen LogP contribution in [0.1, 0.15) is 39.5 Å². The Kier molecular flexibility index (Phi) is 9.79. The summed E-state index contributed by atoms with van der Waals surface area (Å²) in [6, 6.07) is 0. The highest BCUT2D eigenvalue weighted by molar-refractivity contribution is 7.57. The lowest BCUT2D eigenvalue weighted by Gasteiger charge is -2.08. The van der Waals surface area contributed by atoms with Crippen molar-refractivity contribution in [3.63, 3.8) is 0 Å². The Bertz CT molecular complexity index is 77.9. The standard InChI is InChI=1S/C10H23OP/c1-4-6-8-12(10-11-3)9-7-5-2/h4-10H2,1-3H3/p+1. The molecule has 0 aliphatic rings. The summed E-state index contributed by atoms with van der Waals surface area (Å²) in [5, 5.41) is 0. The zero-order chi connectivity index (χ0) is 9.23. The van der Waals surface area contributed by atoms with Crippen LogP contribution in [0.4, 0.5) is 0 Å². The van der Waals surface area contributed by atoms with Crippen molar-refractivity contribution in [2.24, 2.45) is 0 Å². The lowest BCUT2D eigenvalue weighted by molar-refractivity contribution is 0.254. The molecular formula is C10H24OP+. The number of hydrogen-bond donors (Lipinski definition) is 0. The van der Waals surface area contributed by atoms with Crippen LogP contribution in [-0.2, 0) is 4.74 Å². The zero-order valence-corrected chi connectivity index (χ0v) is 9.86. The normalized spacial score (nSPS) is 11.0. The quantitative estimate of drug-likeness (QED) is 0.534. The Morgan fingerprint density at radius 2 is 1.50 bits per heavy atom. The maximum atomic E-state index is 5.24. The average Bonchev–Trinajstić information content (AvgIpc) is 2.10. The molecule has 0 radical (unpaired) electrons. The van der Waals surface area contributed by atoms with E-state index in [1.165, 1.54) is 38.0 Å². The second-order valence-electron chi connectivity index (χ2n) is 3.39. The summed E-state index contributed by atoms with van der Waals surface area (Å²) in [4.78, 5) is 0. The molecule has 0 aromatic rings. The van der Waals surface area contributed by atoms with Crippen molar-refractivity contribution >= 4 is 7.92 Å². The van der Waals surface area contributed by atoms with Crippen molar-refractivity contribution in [2.45, 2.75) is 39.5 Å². The first kappa shape index (κ1) is 12.4. The van der Waals surface area contributed by atoms with E-state index in [9.17, 15) is 0 Å². The van der Waals surface area contributed by atoms with Gasteiger partial charge in [0.05, 0.1) is 12.3 Å². The Morgan fingerprint density at radius 3 is 1.83 bits per heavy atom. The molecule has 0 spiro atoms. The second-order valence-corrected chi connectivity index (χ2v) is 6.18. The van der Waals surface area contributed by atoms with Gasteiger partial charge >= 0.3 is 0 Å². The van der Waals surface area contributed by atoms with Gasteiger partial charge in [0.2, 0.25) is 0 Å². The number of unbranched alkanes of at least 4 members (excludes halogenated alkanes) is 2. The molecule has 0 unspecified atom stereocenters. The van der Waals surface area contributed by atoms with Crippen LogP contribution in [0.25, 0.3) is 0 Å². The fourth-order valence-corrected chi connectivity index (χ4v) is 3.98. The van der Waals surface area contributed by atoms with E-state index in [1.807, 2.05) is 7.11 Å². The number of hydrogen-bond acceptors (Lipinski definition) is 1. The van der Waals surface area contributed by atoms with Gasteiger partial charge in [-0.05, 0) is 12.8 Å². The van der Waals surface area contributed by atoms with Crippen LogP contribution in [0.5, 0.6) is 0 Å². The van der Waals surface area contributed by atoms with Crippen molar-refractivity contribution < 1.29 is 4.74 Å². The van der Waals surface area contributed by atoms with E-state index < -0.39 is 0 Å². The van der Waals surface area contributed by atoms with Crippen molar-refractivity contribution in [3.8, 4) is 0 Å². The van der Waals surface area contributed by atoms with Crippen LogP contribution < -0.4 is 0 Å². The number of rotatable bonds is 8. The van der Waals surface area contributed by atoms with E-state index in [0.717, 1.165) is 6.35 Å². The Labute approximate surface area is 78.6 Å². The predicted octanol–water partition coefficient (Wildman–Crippen LogP) is 3.40. The minimum absolute atomic E-state index is 0.143. The fourth-order valence-electron chi connectivity index (χ4n) is 1.33. The Balaban J connectivity index is 3.40. The largest absolute Gasteiger partial charge is 0.350 e. The van der Waals surface area contributed by atoms with Gasteiger partial charge in [-0.3, -0.25) is 0 Å². The Morgan fingerprint density at radius 1 is 1.00 bits per heavy atom. The van der Waals surface area contributed by atoms with Crippen LogP contribution in [0.3, 0.4) is 0 Å². The first-order chi connectivity index (χ1) is 5.85. The summed E-state index contributed by atoms with van der Waals surface area (Å²) in [5.41, 5.74) is 0. The van der Waals surface area contributed by atoms with Crippen LogP contribution >= 0.6 is 7.92 Å². The van der Waals surface area contributed by atoms with Gasteiger partial charge in [-0.15, -0.1) is 0 Å². The molecule has 0 atom stereocenters. The maximum Gasteiger partial charge on any atom is 0.154 e. The third-order valence-electron chi connectivity index (χ3n) is 2.12. The van der Waals surface area contributed by atoms with Crippen molar-refractivity contribution in [1.82, 2.24) is 0 Å². The maximum absolute atomic E-state index is 5.24. The molecule has 2 heteroatoms. The topological polar surface area (TPSA) is 9.23 Å². The lowest BCUT2D eigenvalue weighted by atomic mass is 10.4. The minimum atomic E-state index is -0.143. The van der Waals surface area contributed by atoms with Crippen LogP contribution in [0, 0.1) is 0 Å². The minimum Gasteiger partial charge on any atom is -0.350 e. The zero-order valence-electron chi connectivity index (χ0n) is 8.86. The summed E-state index contributed by atoms with van der Waals surface area (Å²) in [7, 11) is 1.69. The highest BCUT2D eigenvalue weighted by atomic mass is 31.1. The highest BCUT2D eigenvalue weighted by Crippen LogP contribution is 2.37. The van der Waals surface area contributed by atoms with Crippen LogP contribution in [0.2, 0.25) is 0 Å². The van der Waals surface area contributed by atoms with E-state index >= 15 is 0 Å². The molecule has 0 amide bonds. The molecule has 0 aliphatic heterocycles. The summed E-state index contributed by atoms with van der Waals surface area (Å²) in [6.07, 6.45) is 9.45. The Hall–Kier alpha value is 0.390. The molecule has 0 aromatic carbocycles. The molecular weight excluding hydrogens is 167 g/mol. The van der Waals surface area contributed by atoms with Gasteiger partial charge in [0.25, 0.3) is 0 Å². The molecule has 0 rings (SSSR count). The molecule has 0 bridgehead atoms. The number of ether oxygens (including phenoxy) is 1. The summed E-state index contributed by atoms with van der Waals surface area (Å²) in [6.45, 7) is 4.54. The van der Waals surface area contributed by atoms with Gasteiger partial charge in [-0.25, -0.2) is 0 Å². The second kappa shape index (κ2) is 9.48. The smallest absolute Gasteiger partial charge is 0.154 e. The fraction of sp³-hybridized carbons (Fsp3) is 1.00. The van der Waals surface area contributed by atoms with Crippen molar-refractivity contribution in [1.29, 1.82) is 0 Å². The van der Waals surface area contributed by atoms with Crippen molar-refractivity contribution in [2.75, 3.05) is 25.8 Å². The van der Waals surface area contributed by atoms with E-state index in [2.05, 4.69) is 13.8 Å². The average molecular weight is 191 g/mol. The summed E-state index contributed by atoms with van der Waals surface area (Å²) >= 11 is 0. The molecule has 0 aliphatic carbocycles. The molecule has 74 valence electrons. The highest BCUT2D eigenvalue weighted by Gasteiger charge is 2.13. The van der Waals surface area contributed by atoms with Gasteiger partial charge in [0.15, 0.2) is 6.35 Å². The van der Waals surface area contributed by atoms with Crippen molar-refractivity contribution in [3.05, 3.63) is 0 Å². The molecule has 0 heterocycles. The lowest BCUT2D eigenvalue weighted by Crippen LogP contribution is -1.96. The van der Waals surface area contributed by atoms with Gasteiger partial charge in [0.1, 0.15) is 0 Å². The first-order valence-electron chi connectivity index (χ1n) is 5.17. The number of methoxy groups -OCH3 is 1. The van der Waals surface area contributed by atoms with E-state index in [0.29, 0.717) is 0 Å². The van der Waals surface area contributed by atoms with Gasteiger partial charge in [-0.1, -0.05) is 26.7 Å². The monoisotopic (exact) mass is 191 g/mol. The van der Waals surface area contributed by atoms with Gasteiger partial charge < -0.3 is 4.74 Å². The molecule has 12 heavy (non-hydrogen) atoms. The third-order valence-corrected chi connectivity index (χ3v) is 4.93. The molecule has 0 fully saturated rings. The molecule has 0 saturated carbocycles.